The zero-order valence-electron chi connectivity index (χ0n) is 11.7. The molecule has 18 heavy (non-hydrogen) atoms. The SMILES string of the molecule is CCNC(Cc1ccc(F)cc1F)C(C)(C)CC. The molecular formula is C15H23F2N. The second-order valence-corrected chi connectivity index (χ2v) is 5.39. The van der Waals surface area contributed by atoms with E-state index >= 15 is 0 Å². The lowest BCUT2D eigenvalue weighted by atomic mass is 9.79. The molecule has 3 heteroatoms. The minimum absolute atomic E-state index is 0.0802. The number of rotatable bonds is 6. The van der Waals surface area contributed by atoms with Gasteiger partial charge in [-0.3, -0.25) is 0 Å². The molecule has 1 aromatic carbocycles. The van der Waals surface area contributed by atoms with Gasteiger partial charge in [0.25, 0.3) is 0 Å². The molecular weight excluding hydrogens is 232 g/mol. The molecule has 1 aromatic rings. The third-order valence-electron chi connectivity index (χ3n) is 3.74. The molecule has 0 amide bonds. The van der Waals surface area contributed by atoms with Crippen LogP contribution in [0, 0.1) is 17.0 Å². The fraction of sp³-hybridized carbons (Fsp3) is 0.600. The van der Waals surface area contributed by atoms with Crippen molar-refractivity contribution >= 4 is 0 Å². The van der Waals surface area contributed by atoms with Crippen molar-refractivity contribution in [3.63, 3.8) is 0 Å². The first-order valence-corrected chi connectivity index (χ1v) is 6.58. The summed E-state index contributed by atoms with van der Waals surface area (Å²) in [6, 6.07) is 4.01. The molecule has 1 rings (SSSR count). The summed E-state index contributed by atoms with van der Waals surface area (Å²) in [4.78, 5) is 0. The Morgan fingerprint density at radius 2 is 1.89 bits per heavy atom. The molecule has 0 spiro atoms. The first-order valence-electron chi connectivity index (χ1n) is 6.58. The molecule has 1 N–H and O–H groups in total. The van der Waals surface area contributed by atoms with E-state index in [4.69, 9.17) is 0 Å². The van der Waals surface area contributed by atoms with Gasteiger partial charge in [0.05, 0.1) is 0 Å². The largest absolute Gasteiger partial charge is 0.313 e. The average molecular weight is 255 g/mol. The van der Waals surface area contributed by atoms with Gasteiger partial charge in [0.1, 0.15) is 11.6 Å². The van der Waals surface area contributed by atoms with E-state index in [-0.39, 0.29) is 11.5 Å². The Labute approximate surface area is 109 Å². The highest BCUT2D eigenvalue weighted by Gasteiger charge is 2.27. The monoisotopic (exact) mass is 255 g/mol. The maximum Gasteiger partial charge on any atom is 0.129 e. The predicted molar refractivity (Wildman–Crippen MR) is 71.6 cm³/mol. The number of likely N-dealkylation sites (N-methyl/N-ethyl adjacent to an activating group) is 1. The molecule has 0 aromatic heterocycles. The molecule has 1 atom stereocenters. The minimum Gasteiger partial charge on any atom is -0.313 e. The van der Waals surface area contributed by atoms with E-state index in [1.165, 1.54) is 6.07 Å². The Kier molecular flexibility index (Phi) is 5.27. The van der Waals surface area contributed by atoms with Crippen LogP contribution in [0.15, 0.2) is 18.2 Å². The highest BCUT2D eigenvalue weighted by molar-refractivity contribution is 5.20. The van der Waals surface area contributed by atoms with E-state index in [1.807, 2.05) is 6.92 Å². The highest BCUT2D eigenvalue weighted by Crippen LogP contribution is 2.28. The quantitative estimate of drug-likeness (QED) is 0.812. The zero-order chi connectivity index (χ0) is 13.8. The first kappa shape index (κ1) is 15.1. The minimum atomic E-state index is -0.522. The van der Waals surface area contributed by atoms with Crippen LogP contribution >= 0.6 is 0 Å². The van der Waals surface area contributed by atoms with Crippen molar-refractivity contribution < 1.29 is 8.78 Å². The molecule has 1 unspecified atom stereocenters. The molecule has 0 aliphatic rings. The Bertz CT molecular complexity index is 388. The Morgan fingerprint density at radius 1 is 1.22 bits per heavy atom. The van der Waals surface area contributed by atoms with Gasteiger partial charge in [-0.15, -0.1) is 0 Å². The molecule has 0 aliphatic carbocycles. The van der Waals surface area contributed by atoms with Crippen LogP contribution in [0.2, 0.25) is 0 Å². The second kappa shape index (κ2) is 6.28. The first-order chi connectivity index (χ1) is 8.40. The number of hydrogen-bond acceptors (Lipinski definition) is 1. The van der Waals surface area contributed by atoms with Crippen LogP contribution in [-0.4, -0.2) is 12.6 Å². The van der Waals surface area contributed by atoms with Gasteiger partial charge < -0.3 is 5.32 Å². The standard InChI is InChI=1S/C15H23F2N/c1-5-15(3,4)14(18-6-2)9-11-7-8-12(16)10-13(11)17/h7-8,10,14,18H,5-6,9H2,1-4H3. The van der Waals surface area contributed by atoms with Crippen LogP contribution in [0.5, 0.6) is 0 Å². The third kappa shape index (κ3) is 3.77. The van der Waals surface area contributed by atoms with Gasteiger partial charge in [-0.1, -0.05) is 33.8 Å². The van der Waals surface area contributed by atoms with Crippen LogP contribution in [-0.2, 0) is 6.42 Å². The Morgan fingerprint density at radius 3 is 2.39 bits per heavy atom. The van der Waals surface area contributed by atoms with Gasteiger partial charge in [-0.05, 0) is 36.4 Å². The molecule has 0 aliphatic heterocycles. The number of halogens is 2. The van der Waals surface area contributed by atoms with Crippen molar-refractivity contribution in [1.82, 2.24) is 5.32 Å². The van der Waals surface area contributed by atoms with Gasteiger partial charge in [-0.2, -0.15) is 0 Å². The van der Waals surface area contributed by atoms with E-state index in [0.717, 1.165) is 19.0 Å². The van der Waals surface area contributed by atoms with E-state index in [2.05, 4.69) is 26.1 Å². The van der Waals surface area contributed by atoms with E-state index in [0.29, 0.717) is 12.0 Å². The average Bonchev–Trinajstić information content (AvgIpc) is 2.31. The topological polar surface area (TPSA) is 12.0 Å². The zero-order valence-corrected chi connectivity index (χ0v) is 11.7. The Balaban J connectivity index is 2.89. The fourth-order valence-electron chi connectivity index (χ4n) is 2.02. The predicted octanol–water partition coefficient (Wildman–Crippen LogP) is 3.92. The van der Waals surface area contributed by atoms with Crippen molar-refractivity contribution in [3.05, 3.63) is 35.4 Å². The lowest BCUT2D eigenvalue weighted by Gasteiger charge is -2.34. The smallest absolute Gasteiger partial charge is 0.129 e. The summed E-state index contributed by atoms with van der Waals surface area (Å²) >= 11 is 0. The van der Waals surface area contributed by atoms with Crippen LogP contribution in [0.25, 0.3) is 0 Å². The maximum atomic E-state index is 13.7. The maximum absolute atomic E-state index is 13.7. The normalized spacial score (nSPS) is 13.7. The van der Waals surface area contributed by atoms with Crippen molar-refractivity contribution in [1.29, 1.82) is 0 Å². The molecule has 0 heterocycles. The van der Waals surface area contributed by atoms with Crippen LogP contribution in [0.3, 0.4) is 0 Å². The van der Waals surface area contributed by atoms with Gasteiger partial charge in [0.2, 0.25) is 0 Å². The van der Waals surface area contributed by atoms with Crippen LogP contribution in [0.1, 0.15) is 39.7 Å². The lowest BCUT2D eigenvalue weighted by molar-refractivity contribution is 0.231. The molecule has 0 radical (unpaired) electrons. The summed E-state index contributed by atoms with van der Waals surface area (Å²) in [6.07, 6.45) is 1.59. The van der Waals surface area contributed by atoms with E-state index < -0.39 is 11.6 Å². The number of benzene rings is 1. The van der Waals surface area contributed by atoms with Crippen LogP contribution in [0.4, 0.5) is 8.78 Å². The summed E-state index contributed by atoms with van der Waals surface area (Å²) in [6.45, 7) is 9.35. The summed E-state index contributed by atoms with van der Waals surface area (Å²) in [5.74, 6) is -0.976. The number of hydrogen-bond donors (Lipinski definition) is 1. The van der Waals surface area contributed by atoms with Crippen molar-refractivity contribution in [2.45, 2.75) is 46.6 Å². The summed E-state index contributed by atoms with van der Waals surface area (Å²) < 4.78 is 26.6. The fourth-order valence-corrected chi connectivity index (χ4v) is 2.02. The second-order valence-electron chi connectivity index (χ2n) is 5.39. The Hall–Kier alpha value is -0.960. The van der Waals surface area contributed by atoms with Gasteiger partial charge in [0.15, 0.2) is 0 Å². The van der Waals surface area contributed by atoms with Gasteiger partial charge in [-0.25, -0.2) is 8.78 Å². The molecule has 0 bridgehead atoms. The number of nitrogens with one attached hydrogen (secondary N) is 1. The lowest BCUT2D eigenvalue weighted by Crippen LogP contribution is -2.43. The molecule has 0 fully saturated rings. The molecule has 1 nitrogen and oxygen atoms in total. The van der Waals surface area contributed by atoms with E-state index in [1.54, 1.807) is 6.07 Å². The summed E-state index contributed by atoms with van der Waals surface area (Å²) in [7, 11) is 0. The molecule has 102 valence electrons. The molecule has 0 saturated carbocycles. The third-order valence-corrected chi connectivity index (χ3v) is 3.74. The molecule has 0 saturated heterocycles. The van der Waals surface area contributed by atoms with Gasteiger partial charge >= 0.3 is 0 Å². The van der Waals surface area contributed by atoms with Gasteiger partial charge in [0, 0.05) is 12.1 Å². The van der Waals surface area contributed by atoms with Crippen molar-refractivity contribution in [2.75, 3.05) is 6.54 Å². The summed E-state index contributed by atoms with van der Waals surface area (Å²) in [5.41, 5.74) is 0.653. The highest BCUT2D eigenvalue weighted by atomic mass is 19.1. The van der Waals surface area contributed by atoms with Crippen LogP contribution < -0.4 is 5.32 Å². The van der Waals surface area contributed by atoms with Crippen molar-refractivity contribution in [2.24, 2.45) is 5.41 Å². The summed E-state index contributed by atoms with van der Waals surface area (Å²) in [5, 5.41) is 3.40. The van der Waals surface area contributed by atoms with Crippen molar-refractivity contribution in [3.8, 4) is 0 Å². The van der Waals surface area contributed by atoms with E-state index in [9.17, 15) is 8.78 Å².